The lowest BCUT2D eigenvalue weighted by molar-refractivity contribution is -0.389. The van der Waals surface area contributed by atoms with Crippen molar-refractivity contribution < 1.29 is 4.92 Å². The summed E-state index contributed by atoms with van der Waals surface area (Å²) in [5.41, 5.74) is 1.47. The van der Waals surface area contributed by atoms with Gasteiger partial charge in [-0.2, -0.15) is 0 Å². The maximum absolute atomic E-state index is 10.7. The number of aryl methyl sites for hydroxylation is 1. The molecule has 0 aliphatic carbocycles. The van der Waals surface area contributed by atoms with Crippen molar-refractivity contribution in [3.8, 4) is 0 Å². The van der Waals surface area contributed by atoms with Crippen LogP contribution in [0.3, 0.4) is 0 Å². The minimum atomic E-state index is -0.481. The molecule has 0 saturated carbocycles. The van der Waals surface area contributed by atoms with Gasteiger partial charge in [0.2, 0.25) is 6.33 Å². The highest BCUT2D eigenvalue weighted by atomic mass is 16.6. The van der Waals surface area contributed by atoms with Crippen LogP contribution >= 0.6 is 0 Å². The molecule has 2 rings (SSSR count). The molecule has 0 spiro atoms. The average molecular weight is 229 g/mol. The first kappa shape index (κ1) is 11.1. The number of nitro groups is 1. The van der Waals surface area contributed by atoms with E-state index in [1.165, 1.54) is 6.33 Å². The molecule has 0 N–H and O–H groups in total. The lowest BCUT2D eigenvalue weighted by atomic mass is 10.2. The zero-order valence-electron chi connectivity index (χ0n) is 9.28. The summed E-state index contributed by atoms with van der Waals surface area (Å²) in [5.74, 6) is -0.125. The molecule has 0 bridgehead atoms. The molecule has 1 heterocycles. The number of nitrogens with zero attached hydrogens (tertiary/aromatic N) is 3. The molecule has 0 amide bonds. The molecule has 2 aromatic rings. The van der Waals surface area contributed by atoms with Crippen LogP contribution in [0.2, 0.25) is 0 Å². The molecule has 86 valence electrons. The van der Waals surface area contributed by atoms with Gasteiger partial charge in [0, 0.05) is 7.05 Å². The first-order valence-electron chi connectivity index (χ1n) is 5.07. The normalized spacial score (nSPS) is 10.9. The Kier molecular flexibility index (Phi) is 3.00. The van der Waals surface area contributed by atoms with Crippen molar-refractivity contribution in [3.05, 3.63) is 58.0 Å². The van der Waals surface area contributed by atoms with Crippen molar-refractivity contribution in [2.24, 2.45) is 7.05 Å². The van der Waals surface area contributed by atoms with E-state index in [9.17, 15) is 10.1 Å². The van der Waals surface area contributed by atoms with Gasteiger partial charge >= 0.3 is 5.82 Å². The van der Waals surface area contributed by atoms with E-state index in [0.717, 1.165) is 5.56 Å². The Hall–Kier alpha value is -2.43. The molecular formula is C12H11N3O2. The summed E-state index contributed by atoms with van der Waals surface area (Å²) in [4.78, 5) is 14.0. The molecule has 0 fully saturated rings. The zero-order chi connectivity index (χ0) is 12.3. The Morgan fingerprint density at radius 3 is 2.65 bits per heavy atom. The minimum Gasteiger partial charge on any atom is -0.358 e. The SMILES string of the molecule is Cn1cnc([N+](=O)[O-])c1C=Cc1ccccc1. The van der Waals surface area contributed by atoms with E-state index >= 15 is 0 Å². The molecule has 0 atom stereocenters. The Bertz CT molecular complexity index is 558. The van der Waals surface area contributed by atoms with E-state index in [1.807, 2.05) is 36.4 Å². The average Bonchev–Trinajstić information content (AvgIpc) is 2.69. The van der Waals surface area contributed by atoms with Crippen LogP contribution in [0, 0.1) is 10.1 Å². The van der Waals surface area contributed by atoms with Gasteiger partial charge in [0.05, 0.1) is 0 Å². The van der Waals surface area contributed by atoms with Gasteiger partial charge in [-0.15, -0.1) is 0 Å². The van der Waals surface area contributed by atoms with E-state index in [-0.39, 0.29) is 5.82 Å². The van der Waals surface area contributed by atoms with Crippen molar-refractivity contribution >= 4 is 18.0 Å². The number of aromatic nitrogens is 2. The number of hydrogen-bond acceptors (Lipinski definition) is 3. The maximum Gasteiger partial charge on any atom is 0.389 e. The van der Waals surface area contributed by atoms with Crippen molar-refractivity contribution in [3.63, 3.8) is 0 Å². The van der Waals surface area contributed by atoms with E-state index in [0.29, 0.717) is 5.69 Å². The van der Waals surface area contributed by atoms with E-state index in [4.69, 9.17) is 0 Å². The quantitative estimate of drug-likeness (QED) is 0.600. The number of hydrogen-bond donors (Lipinski definition) is 0. The summed E-state index contributed by atoms with van der Waals surface area (Å²) in [6.45, 7) is 0. The third-order valence-electron chi connectivity index (χ3n) is 2.37. The molecule has 1 aromatic heterocycles. The summed E-state index contributed by atoms with van der Waals surface area (Å²) < 4.78 is 1.62. The van der Waals surface area contributed by atoms with E-state index in [1.54, 1.807) is 17.7 Å². The number of rotatable bonds is 3. The molecule has 0 unspecified atom stereocenters. The topological polar surface area (TPSA) is 61.0 Å². The molecule has 5 nitrogen and oxygen atoms in total. The third kappa shape index (κ3) is 2.39. The highest BCUT2D eigenvalue weighted by molar-refractivity contribution is 5.71. The maximum atomic E-state index is 10.7. The van der Waals surface area contributed by atoms with Gasteiger partial charge in [-0.3, -0.25) is 0 Å². The summed E-state index contributed by atoms with van der Waals surface area (Å²) in [5, 5.41) is 10.7. The number of benzene rings is 1. The summed E-state index contributed by atoms with van der Waals surface area (Å²) in [6, 6.07) is 9.61. The molecule has 0 aliphatic heterocycles. The highest BCUT2D eigenvalue weighted by Crippen LogP contribution is 2.18. The van der Waals surface area contributed by atoms with E-state index < -0.39 is 4.92 Å². The number of imidazole rings is 1. The van der Waals surface area contributed by atoms with Gasteiger partial charge in [0.1, 0.15) is 5.69 Å². The van der Waals surface area contributed by atoms with Crippen LogP contribution in [0.4, 0.5) is 5.82 Å². The highest BCUT2D eigenvalue weighted by Gasteiger charge is 2.16. The summed E-state index contributed by atoms with van der Waals surface area (Å²) in [6.07, 6.45) is 4.95. The van der Waals surface area contributed by atoms with Gasteiger partial charge in [0.25, 0.3) is 0 Å². The molecule has 17 heavy (non-hydrogen) atoms. The second-order valence-corrected chi connectivity index (χ2v) is 3.57. The molecule has 0 radical (unpaired) electrons. The van der Waals surface area contributed by atoms with Crippen LogP contribution in [0.15, 0.2) is 36.7 Å². The fourth-order valence-electron chi connectivity index (χ4n) is 1.50. The van der Waals surface area contributed by atoms with Crippen LogP contribution in [-0.4, -0.2) is 14.5 Å². The lowest BCUT2D eigenvalue weighted by Gasteiger charge is -1.95. The second-order valence-electron chi connectivity index (χ2n) is 3.57. The lowest BCUT2D eigenvalue weighted by Crippen LogP contribution is -1.93. The minimum absolute atomic E-state index is 0.125. The van der Waals surface area contributed by atoms with Gasteiger partial charge in [-0.1, -0.05) is 36.4 Å². The van der Waals surface area contributed by atoms with Crippen LogP contribution in [0.25, 0.3) is 12.2 Å². The molecule has 0 aliphatic rings. The van der Waals surface area contributed by atoms with Crippen molar-refractivity contribution in [2.45, 2.75) is 0 Å². The smallest absolute Gasteiger partial charge is 0.358 e. The van der Waals surface area contributed by atoms with Gasteiger partial charge in [-0.05, 0) is 21.5 Å². The van der Waals surface area contributed by atoms with Crippen molar-refractivity contribution in [2.75, 3.05) is 0 Å². The fourth-order valence-corrected chi connectivity index (χ4v) is 1.50. The van der Waals surface area contributed by atoms with Crippen molar-refractivity contribution in [1.82, 2.24) is 9.55 Å². The standard InChI is InChI=1S/C12H11N3O2/c1-14-9-13-12(15(16)17)11(14)8-7-10-5-3-2-4-6-10/h2-9H,1H3. The van der Waals surface area contributed by atoms with Gasteiger partial charge in [-0.25, -0.2) is 0 Å². The molecule has 5 heteroatoms. The predicted molar refractivity (Wildman–Crippen MR) is 65.2 cm³/mol. The Morgan fingerprint density at radius 1 is 1.29 bits per heavy atom. The molecule has 1 aromatic carbocycles. The first-order chi connectivity index (χ1) is 8.18. The predicted octanol–water partition coefficient (Wildman–Crippen LogP) is 2.50. The Balaban J connectivity index is 2.33. The first-order valence-corrected chi connectivity index (χ1v) is 5.07. The van der Waals surface area contributed by atoms with Crippen LogP contribution in [0.5, 0.6) is 0 Å². The summed E-state index contributed by atoms with van der Waals surface area (Å²) >= 11 is 0. The second kappa shape index (κ2) is 4.61. The van der Waals surface area contributed by atoms with Crippen LogP contribution in [0.1, 0.15) is 11.3 Å². The monoisotopic (exact) mass is 229 g/mol. The van der Waals surface area contributed by atoms with Crippen LogP contribution < -0.4 is 0 Å². The Morgan fingerprint density at radius 2 is 2.00 bits per heavy atom. The summed E-state index contributed by atoms with van der Waals surface area (Å²) in [7, 11) is 1.73. The van der Waals surface area contributed by atoms with E-state index in [2.05, 4.69) is 4.98 Å². The van der Waals surface area contributed by atoms with Gasteiger partial charge < -0.3 is 14.7 Å². The molecular weight excluding hydrogens is 218 g/mol. The largest absolute Gasteiger partial charge is 0.389 e. The van der Waals surface area contributed by atoms with Crippen molar-refractivity contribution in [1.29, 1.82) is 0 Å². The molecule has 0 saturated heterocycles. The van der Waals surface area contributed by atoms with Crippen LogP contribution in [-0.2, 0) is 7.05 Å². The van der Waals surface area contributed by atoms with Gasteiger partial charge in [0.15, 0.2) is 0 Å². The third-order valence-corrected chi connectivity index (χ3v) is 2.37. The fraction of sp³-hybridized carbons (Fsp3) is 0.0833. The zero-order valence-corrected chi connectivity index (χ0v) is 9.28. The Labute approximate surface area is 98.2 Å².